The number of para-hydroxylation sites is 1. The smallest absolute Gasteiger partial charge is 0.248 e. The van der Waals surface area contributed by atoms with Gasteiger partial charge in [-0.1, -0.05) is 30.3 Å². The molecule has 2 aromatic carbocycles. The van der Waals surface area contributed by atoms with Crippen molar-refractivity contribution in [3.63, 3.8) is 0 Å². The third kappa shape index (κ3) is 8.04. The fraction of sp³-hybridized carbons (Fsp3) is 0.429. The number of methoxy groups -OCH3 is 1. The molecule has 4 rings (SSSR count). The number of aliphatic hydroxyl groups is 1. The second-order valence-electron chi connectivity index (χ2n) is 9.56. The summed E-state index contributed by atoms with van der Waals surface area (Å²) < 4.78 is 18.8. The van der Waals surface area contributed by atoms with E-state index in [1.165, 1.54) is 7.11 Å². The number of aromatic nitrogens is 2. The molecular formula is C28H36N4O5. The van der Waals surface area contributed by atoms with E-state index in [2.05, 4.69) is 10.00 Å². The Hall–Kier alpha value is -3.40. The van der Waals surface area contributed by atoms with Gasteiger partial charge in [0.2, 0.25) is 5.91 Å². The lowest BCUT2D eigenvalue weighted by Gasteiger charge is -2.33. The molecule has 198 valence electrons. The predicted octanol–water partition coefficient (Wildman–Crippen LogP) is 2.37. The number of carbonyl (C=O) groups excluding carboxylic acids is 1. The number of ether oxygens (including phenoxy) is 3. The molecular weight excluding hydrogens is 472 g/mol. The molecule has 1 aliphatic rings. The van der Waals surface area contributed by atoms with Crippen LogP contribution in [0.2, 0.25) is 0 Å². The van der Waals surface area contributed by atoms with Crippen LogP contribution < -0.4 is 9.47 Å². The standard InChI is InChI=1S/C28H36N4O5/c1-23-16-29-32(17-23)13-14-36-26-10-6-7-24(15-26)18-30-11-12-31(27(33)19-35-2)21-28(34,20-30)22-37-25-8-4-3-5-9-25/h3-10,15-17,34H,11-14,18-22H2,1-2H3/t28-/m1/s1. The molecule has 0 saturated carbocycles. The molecule has 37 heavy (non-hydrogen) atoms. The number of aryl methyl sites for hydroxylation is 1. The van der Waals surface area contributed by atoms with E-state index in [9.17, 15) is 9.90 Å². The normalized spacial score (nSPS) is 18.4. The van der Waals surface area contributed by atoms with Gasteiger partial charge in [0.25, 0.3) is 0 Å². The Balaban J connectivity index is 1.40. The molecule has 1 N–H and O–H groups in total. The fourth-order valence-electron chi connectivity index (χ4n) is 4.47. The zero-order chi connectivity index (χ0) is 26.1. The Morgan fingerprint density at radius 3 is 2.62 bits per heavy atom. The van der Waals surface area contributed by atoms with E-state index in [0.29, 0.717) is 45.1 Å². The summed E-state index contributed by atoms with van der Waals surface area (Å²) in [6.07, 6.45) is 3.82. The second-order valence-corrected chi connectivity index (χ2v) is 9.56. The summed E-state index contributed by atoms with van der Waals surface area (Å²) >= 11 is 0. The van der Waals surface area contributed by atoms with Crippen LogP contribution in [0.1, 0.15) is 11.1 Å². The van der Waals surface area contributed by atoms with Crippen molar-refractivity contribution in [3.05, 3.63) is 78.1 Å². The quantitative estimate of drug-likeness (QED) is 0.425. The van der Waals surface area contributed by atoms with Crippen molar-refractivity contribution in [1.29, 1.82) is 0 Å². The minimum Gasteiger partial charge on any atom is -0.492 e. The first-order valence-corrected chi connectivity index (χ1v) is 12.5. The molecule has 1 saturated heterocycles. The SMILES string of the molecule is COCC(=O)N1CCN(Cc2cccc(OCCn3cc(C)cn3)c2)C[C@](O)(COc2ccccc2)C1. The summed E-state index contributed by atoms with van der Waals surface area (Å²) in [6.45, 7) is 5.50. The fourth-order valence-corrected chi connectivity index (χ4v) is 4.47. The highest BCUT2D eigenvalue weighted by Crippen LogP contribution is 2.21. The maximum Gasteiger partial charge on any atom is 0.248 e. The van der Waals surface area contributed by atoms with Gasteiger partial charge in [0, 0.05) is 39.5 Å². The molecule has 1 aromatic heterocycles. The van der Waals surface area contributed by atoms with E-state index in [0.717, 1.165) is 16.9 Å². The Morgan fingerprint density at radius 1 is 1.05 bits per heavy atom. The lowest BCUT2D eigenvalue weighted by atomic mass is 10.0. The molecule has 3 aromatic rings. The number of nitrogens with zero attached hydrogens (tertiary/aromatic N) is 4. The van der Waals surface area contributed by atoms with Crippen molar-refractivity contribution in [3.8, 4) is 11.5 Å². The summed E-state index contributed by atoms with van der Waals surface area (Å²) in [5.74, 6) is 1.32. The Bertz CT molecular complexity index is 1140. The summed E-state index contributed by atoms with van der Waals surface area (Å²) in [5, 5.41) is 15.9. The van der Waals surface area contributed by atoms with Crippen molar-refractivity contribution >= 4 is 5.91 Å². The van der Waals surface area contributed by atoms with Gasteiger partial charge in [-0.25, -0.2) is 0 Å². The highest BCUT2D eigenvalue weighted by Gasteiger charge is 2.37. The molecule has 0 aliphatic carbocycles. The van der Waals surface area contributed by atoms with Crippen molar-refractivity contribution in [1.82, 2.24) is 19.6 Å². The highest BCUT2D eigenvalue weighted by atomic mass is 16.5. The molecule has 2 heterocycles. The van der Waals surface area contributed by atoms with Crippen LogP contribution in [0, 0.1) is 6.92 Å². The number of benzene rings is 2. The Morgan fingerprint density at radius 2 is 1.86 bits per heavy atom. The number of hydrogen-bond donors (Lipinski definition) is 1. The van der Waals surface area contributed by atoms with Crippen molar-refractivity contribution < 1.29 is 24.1 Å². The summed E-state index contributed by atoms with van der Waals surface area (Å²) in [4.78, 5) is 16.4. The van der Waals surface area contributed by atoms with Gasteiger partial charge >= 0.3 is 0 Å². The van der Waals surface area contributed by atoms with Gasteiger partial charge in [-0.15, -0.1) is 0 Å². The predicted molar refractivity (Wildman–Crippen MR) is 140 cm³/mol. The largest absolute Gasteiger partial charge is 0.492 e. The van der Waals surface area contributed by atoms with Crippen LogP contribution >= 0.6 is 0 Å². The average Bonchev–Trinajstić information content (AvgIpc) is 3.23. The zero-order valence-electron chi connectivity index (χ0n) is 21.6. The zero-order valence-corrected chi connectivity index (χ0v) is 21.6. The maximum absolute atomic E-state index is 12.6. The van der Waals surface area contributed by atoms with E-state index >= 15 is 0 Å². The van der Waals surface area contributed by atoms with Gasteiger partial charge in [-0.3, -0.25) is 14.4 Å². The molecule has 0 unspecified atom stereocenters. The molecule has 1 amide bonds. The lowest BCUT2D eigenvalue weighted by Crippen LogP contribution is -2.52. The van der Waals surface area contributed by atoms with E-state index in [-0.39, 0.29) is 25.7 Å². The van der Waals surface area contributed by atoms with Crippen molar-refractivity contribution in [2.45, 2.75) is 25.6 Å². The monoisotopic (exact) mass is 508 g/mol. The van der Waals surface area contributed by atoms with Crippen molar-refractivity contribution in [2.24, 2.45) is 0 Å². The molecule has 0 bridgehead atoms. The summed E-state index contributed by atoms with van der Waals surface area (Å²) in [5.41, 5.74) is 0.942. The Kier molecular flexibility index (Phi) is 9.16. The number of β-amino-alcohol motifs (C(OH)–C–C–N with tert-alkyl or cyclic N) is 1. The topological polar surface area (TPSA) is 89.3 Å². The van der Waals surface area contributed by atoms with Gasteiger partial charge in [-0.05, 0) is 42.3 Å². The van der Waals surface area contributed by atoms with E-state index in [4.69, 9.17) is 14.2 Å². The minimum atomic E-state index is -1.24. The number of hydrogen-bond acceptors (Lipinski definition) is 7. The molecule has 1 aliphatic heterocycles. The van der Waals surface area contributed by atoms with Crippen LogP contribution in [0.3, 0.4) is 0 Å². The molecule has 9 nitrogen and oxygen atoms in total. The number of carbonyl (C=O) groups is 1. The van der Waals surface area contributed by atoms with Crippen LogP contribution in [-0.2, 0) is 22.6 Å². The number of amides is 1. The van der Waals surface area contributed by atoms with Gasteiger partial charge in [0.1, 0.15) is 36.9 Å². The van der Waals surface area contributed by atoms with Crippen LogP contribution in [0.5, 0.6) is 11.5 Å². The van der Waals surface area contributed by atoms with Crippen molar-refractivity contribution in [2.75, 3.05) is 53.1 Å². The van der Waals surface area contributed by atoms with E-state index in [1.54, 1.807) is 4.90 Å². The first-order chi connectivity index (χ1) is 17.9. The molecule has 0 spiro atoms. The summed E-state index contributed by atoms with van der Waals surface area (Å²) in [6, 6.07) is 17.4. The summed E-state index contributed by atoms with van der Waals surface area (Å²) in [7, 11) is 1.50. The molecule has 1 fully saturated rings. The first-order valence-electron chi connectivity index (χ1n) is 12.5. The maximum atomic E-state index is 12.6. The van der Waals surface area contributed by atoms with Gasteiger partial charge in [0.05, 0.1) is 19.3 Å². The molecule has 1 atom stereocenters. The van der Waals surface area contributed by atoms with Gasteiger partial charge in [0.15, 0.2) is 0 Å². The molecule has 0 radical (unpaired) electrons. The van der Waals surface area contributed by atoms with E-state index < -0.39 is 5.60 Å². The Labute approximate surface area is 218 Å². The average molecular weight is 509 g/mol. The van der Waals surface area contributed by atoms with Crippen LogP contribution in [0.4, 0.5) is 0 Å². The molecule has 9 heteroatoms. The van der Waals surface area contributed by atoms with Crippen LogP contribution in [0.15, 0.2) is 67.0 Å². The third-order valence-electron chi connectivity index (χ3n) is 6.22. The van der Waals surface area contributed by atoms with Crippen LogP contribution in [-0.4, -0.2) is 89.3 Å². The van der Waals surface area contributed by atoms with Gasteiger partial charge in [-0.2, -0.15) is 5.10 Å². The second kappa shape index (κ2) is 12.7. The van der Waals surface area contributed by atoms with Crippen LogP contribution in [0.25, 0.3) is 0 Å². The number of rotatable bonds is 11. The minimum absolute atomic E-state index is 0.0207. The first kappa shape index (κ1) is 26.7. The van der Waals surface area contributed by atoms with E-state index in [1.807, 2.05) is 78.6 Å². The van der Waals surface area contributed by atoms with Gasteiger partial charge < -0.3 is 24.2 Å². The lowest BCUT2D eigenvalue weighted by molar-refractivity contribution is -0.138. The third-order valence-corrected chi connectivity index (χ3v) is 6.22. The highest BCUT2D eigenvalue weighted by molar-refractivity contribution is 5.77.